The summed E-state index contributed by atoms with van der Waals surface area (Å²) in [6.07, 6.45) is 2.83. The van der Waals surface area contributed by atoms with Gasteiger partial charge in [0.2, 0.25) is 5.91 Å². The van der Waals surface area contributed by atoms with E-state index in [1.165, 1.54) is 9.75 Å². The van der Waals surface area contributed by atoms with Gasteiger partial charge in [0.1, 0.15) is 0 Å². The number of nitrogens with one attached hydrogen (secondary N) is 1. The zero-order valence-corrected chi connectivity index (χ0v) is 14.2. The highest BCUT2D eigenvalue weighted by Gasteiger charge is 2.48. The summed E-state index contributed by atoms with van der Waals surface area (Å²) in [5, 5.41) is 13.8. The van der Waals surface area contributed by atoms with Gasteiger partial charge in [0.05, 0.1) is 5.60 Å². The Balaban J connectivity index is 1.48. The van der Waals surface area contributed by atoms with Crippen LogP contribution in [0, 0.1) is 12.8 Å². The van der Waals surface area contributed by atoms with Crippen LogP contribution in [0.1, 0.15) is 41.9 Å². The molecule has 0 radical (unpaired) electrons. The Kier molecular flexibility index (Phi) is 4.35. The molecule has 0 saturated heterocycles. The maximum absolute atomic E-state index is 12.2. The van der Waals surface area contributed by atoms with Crippen molar-refractivity contribution in [1.29, 1.82) is 0 Å². The van der Waals surface area contributed by atoms with Crippen molar-refractivity contribution in [2.24, 2.45) is 5.92 Å². The molecule has 2 N–H and O–H groups in total. The van der Waals surface area contributed by atoms with E-state index in [-0.39, 0.29) is 17.1 Å². The lowest BCUT2D eigenvalue weighted by Crippen LogP contribution is -2.57. The van der Waals surface area contributed by atoms with E-state index in [0.29, 0.717) is 12.5 Å². The molecule has 4 atom stereocenters. The van der Waals surface area contributed by atoms with Crippen molar-refractivity contribution in [2.45, 2.75) is 49.9 Å². The second kappa shape index (κ2) is 5.94. The predicted molar refractivity (Wildman–Crippen MR) is 89.0 cm³/mol. The van der Waals surface area contributed by atoms with Gasteiger partial charge in [0.15, 0.2) is 0 Å². The first kappa shape index (κ1) is 15.4. The number of aryl methyl sites for hydroxylation is 1. The molecule has 2 aliphatic rings. The normalized spacial score (nSPS) is 34.3. The summed E-state index contributed by atoms with van der Waals surface area (Å²) in [5.74, 6) is 1.65. The van der Waals surface area contributed by atoms with Crippen molar-refractivity contribution >= 4 is 29.0 Å². The van der Waals surface area contributed by atoms with Crippen LogP contribution in [0.4, 0.5) is 0 Å². The van der Waals surface area contributed by atoms with Crippen molar-refractivity contribution < 1.29 is 9.90 Å². The van der Waals surface area contributed by atoms with Crippen LogP contribution in [0.5, 0.6) is 0 Å². The fraction of sp³-hybridized carbons (Fsp3) is 0.688. The monoisotopic (exact) mass is 325 g/mol. The summed E-state index contributed by atoms with van der Waals surface area (Å²) in [5.41, 5.74) is -0.680. The number of hydrogen-bond donors (Lipinski definition) is 2. The van der Waals surface area contributed by atoms with Gasteiger partial charge >= 0.3 is 0 Å². The van der Waals surface area contributed by atoms with E-state index in [4.69, 9.17) is 0 Å². The molecule has 0 unspecified atom stereocenters. The van der Waals surface area contributed by atoms with Gasteiger partial charge in [0, 0.05) is 33.4 Å². The largest absolute Gasteiger partial charge is 0.387 e. The number of hydrogen-bond acceptors (Lipinski definition) is 4. The molecule has 5 heteroatoms. The van der Waals surface area contributed by atoms with E-state index in [9.17, 15) is 9.90 Å². The van der Waals surface area contributed by atoms with Crippen molar-refractivity contribution in [1.82, 2.24) is 5.32 Å². The average Bonchev–Trinajstić information content (AvgIpc) is 3.15. The van der Waals surface area contributed by atoms with Crippen molar-refractivity contribution in [3.8, 4) is 0 Å². The third-order valence-corrected chi connectivity index (χ3v) is 7.17. The zero-order valence-electron chi connectivity index (χ0n) is 12.6. The molecule has 0 bridgehead atoms. The Labute approximate surface area is 134 Å². The number of amides is 1. The number of thiophene rings is 1. The standard InChI is InChI=1S/C16H23NO2S2/c1-3-20-14-6-7-16(14,19)9-17-15(18)12-8-11(12)13-5-4-10(2)21-13/h4-5,11-12,14,19H,3,6-9H2,1-2H3,(H,17,18)/t11-,12-,14+,16-/m0/s1. The molecule has 3 rings (SSSR count). The lowest BCUT2D eigenvalue weighted by Gasteiger charge is -2.45. The summed E-state index contributed by atoms with van der Waals surface area (Å²) in [6.45, 7) is 4.62. The number of thioether (sulfide) groups is 1. The number of rotatable bonds is 6. The fourth-order valence-corrected chi connectivity index (χ4v) is 5.31. The molecule has 0 aromatic carbocycles. The molecule has 1 aromatic rings. The van der Waals surface area contributed by atoms with Gasteiger partial charge in [-0.25, -0.2) is 0 Å². The molecular weight excluding hydrogens is 302 g/mol. The summed E-state index contributed by atoms with van der Waals surface area (Å²) < 4.78 is 0. The number of carbonyl (C=O) groups excluding carboxylic acids is 1. The average molecular weight is 325 g/mol. The van der Waals surface area contributed by atoms with E-state index in [0.717, 1.165) is 25.0 Å². The molecule has 0 aliphatic heterocycles. The van der Waals surface area contributed by atoms with Crippen molar-refractivity contribution in [2.75, 3.05) is 12.3 Å². The Morgan fingerprint density at radius 2 is 2.38 bits per heavy atom. The number of carbonyl (C=O) groups is 1. The molecule has 2 saturated carbocycles. The summed E-state index contributed by atoms with van der Waals surface area (Å²) in [4.78, 5) is 14.9. The van der Waals surface area contributed by atoms with Crippen LogP contribution in [-0.2, 0) is 4.79 Å². The zero-order chi connectivity index (χ0) is 15.0. The van der Waals surface area contributed by atoms with Gasteiger partial charge in [-0.3, -0.25) is 4.79 Å². The Hall–Kier alpha value is -0.520. The molecule has 1 amide bonds. The summed E-state index contributed by atoms with van der Waals surface area (Å²) >= 11 is 3.59. The fourth-order valence-electron chi connectivity index (χ4n) is 3.06. The molecule has 1 aromatic heterocycles. The lowest BCUT2D eigenvalue weighted by atomic mass is 9.79. The van der Waals surface area contributed by atoms with Crippen LogP contribution in [-0.4, -0.2) is 34.2 Å². The molecular formula is C16H23NO2S2. The van der Waals surface area contributed by atoms with E-state index in [1.54, 1.807) is 23.1 Å². The number of aliphatic hydroxyl groups is 1. The topological polar surface area (TPSA) is 49.3 Å². The molecule has 2 aliphatic carbocycles. The minimum Gasteiger partial charge on any atom is -0.387 e. The van der Waals surface area contributed by atoms with Crippen LogP contribution in [0.2, 0.25) is 0 Å². The Morgan fingerprint density at radius 1 is 1.57 bits per heavy atom. The van der Waals surface area contributed by atoms with E-state index >= 15 is 0 Å². The van der Waals surface area contributed by atoms with Crippen LogP contribution >= 0.6 is 23.1 Å². The van der Waals surface area contributed by atoms with E-state index in [2.05, 4.69) is 31.3 Å². The smallest absolute Gasteiger partial charge is 0.223 e. The quantitative estimate of drug-likeness (QED) is 0.845. The van der Waals surface area contributed by atoms with Crippen LogP contribution in [0.3, 0.4) is 0 Å². The molecule has 1 heterocycles. The van der Waals surface area contributed by atoms with Gasteiger partial charge in [-0.1, -0.05) is 6.92 Å². The molecule has 21 heavy (non-hydrogen) atoms. The lowest BCUT2D eigenvalue weighted by molar-refractivity contribution is -0.124. The molecule has 3 nitrogen and oxygen atoms in total. The first-order chi connectivity index (χ1) is 10.0. The van der Waals surface area contributed by atoms with Gasteiger partial charge in [-0.05, 0) is 44.1 Å². The first-order valence-electron chi connectivity index (χ1n) is 7.71. The van der Waals surface area contributed by atoms with E-state index in [1.807, 2.05) is 0 Å². The SMILES string of the molecule is CCS[C@@H]1CC[C@]1(O)CNC(=O)[C@H]1C[C@@H]1c1ccc(C)s1. The predicted octanol–water partition coefficient (Wildman–Crippen LogP) is 2.92. The Morgan fingerprint density at radius 3 is 2.95 bits per heavy atom. The highest BCUT2D eigenvalue weighted by atomic mass is 32.2. The van der Waals surface area contributed by atoms with Gasteiger partial charge in [0.25, 0.3) is 0 Å². The minimum atomic E-state index is -0.680. The highest BCUT2D eigenvalue weighted by Crippen LogP contribution is 2.50. The third kappa shape index (κ3) is 3.15. The maximum atomic E-state index is 12.2. The van der Waals surface area contributed by atoms with Gasteiger partial charge < -0.3 is 10.4 Å². The molecule has 0 spiro atoms. The third-order valence-electron chi connectivity index (χ3n) is 4.63. The van der Waals surface area contributed by atoms with Crippen LogP contribution in [0.15, 0.2) is 12.1 Å². The molecule has 2 fully saturated rings. The van der Waals surface area contributed by atoms with Gasteiger partial charge in [-0.15, -0.1) is 11.3 Å². The molecule has 116 valence electrons. The minimum absolute atomic E-state index is 0.115. The highest BCUT2D eigenvalue weighted by molar-refractivity contribution is 8.00. The van der Waals surface area contributed by atoms with Crippen LogP contribution in [0.25, 0.3) is 0 Å². The summed E-state index contributed by atoms with van der Waals surface area (Å²) in [7, 11) is 0. The van der Waals surface area contributed by atoms with Crippen LogP contribution < -0.4 is 5.32 Å². The first-order valence-corrected chi connectivity index (χ1v) is 9.58. The van der Waals surface area contributed by atoms with Crippen molar-refractivity contribution in [3.05, 3.63) is 21.9 Å². The van der Waals surface area contributed by atoms with Crippen molar-refractivity contribution in [3.63, 3.8) is 0 Å². The van der Waals surface area contributed by atoms with Gasteiger partial charge in [-0.2, -0.15) is 11.8 Å². The van der Waals surface area contributed by atoms with E-state index < -0.39 is 5.60 Å². The summed E-state index contributed by atoms with van der Waals surface area (Å²) in [6, 6.07) is 4.27. The second-order valence-electron chi connectivity index (χ2n) is 6.20. The second-order valence-corrected chi connectivity index (χ2v) is 9.00. The maximum Gasteiger partial charge on any atom is 0.223 e. The Bertz CT molecular complexity index is 530.